The van der Waals surface area contributed by atoms with Crippen molar-refractivity contribution in [3.05, 3.63) is 144 Å². The van der Waals surface area contributed by atoms with E-state index in [1.165, 1.54) is 55.6 Å². The zero-order chi connectivity index (χ0) is 24.9. The third-order valence-electron chi connectivity index (χ3n) is 7.32. The van der Waals surface area contributed by atoms with Gasteiger partial charge in [0.05, 0.1) is 0 Å². The Morgan fingerprint density at radius 1 is 0.528 bits per heavy atom. The largest absolute Gasteiger partial charge is 0.0648 e. The van der Waals surface area contributed by atoms with Crippen LogP contribution in [0.25, 0.3) is 33.4 Å². The Morgan fingerprint density at radius 3 is 1.86 bits per heavy atom. The van der Waals surface area contributed by atoms with Crippen molar-refractivity contribution in [1.29, 1.82) is 0 Å². The molecule has 0 aromatic heterocycles. The molecule has 1 unspecified atom stereocenters. The minimum absolute atomic E-state index is 0.486. The molecule has 0 N–H and O–H groups in total. The van der Waals surface area contributed by atoms with Crippen molar-refractivity contribution in [2.45, 2.75) is 39.5 Å². The summed E-state index contributed by atoms with van der Waals surface area (Å²) in [4.78, 5) is 0. The SMILES string of the molecule is CCC(Cc1ccccc1)c1ccccc1-c1cc(-c2ccc(-c3cccc(C)c3)cc2)ccc1C. The van der Waals surface area contributed by atoms with Gasteiger partial charge in [-0.25, -0.2) is 0 Å². The molecular formula is C36H34. The first kappa shape index (κ1) is 23.8. The summed E-state index contributed by atoms with van der Waals surface area (Å²) < 4.78 is 0. The lowest BCUT2D eigenvalue weighted by Gasteiger charge is -2.21. The quantitative estimate of drug-likeness (QED) is 0.224. The molecule has 0 amide bonds. The summed E-state index contributed by atoms with van der Waals surface area (Å²) in [5, 5.41) is 0. The van der Waals surface area contributed by atoms with E-state index in [0.717, 1.165) is 12.8 Å². The molecule has 36 heavy (non-hydrogen) atoms. The molecule has 0 radical (unpaired) electrons. The third-order valence-corrected chi connectivity index (χ3v) is 7.32. The molecule has 0 saturated carbocycles. The minimum Gasteiger partial charge on any atom is -0.0648 e. The molecule has 0 nitrogen and oxygen atoms in total. The maximum absolute atomic E-state index is 2.38. The first-order valence-electron chi connectivity index (χ1n) is 13.0. The van der Waals surface area contributed by atoms with E-state index in [1.807, 2.05) is 0 Å². The fourth-order valence-electron chi connectivity index (χ4n) is 5.24. The van der Waals surface area contributed by atoms with E-state index in [9.17, 15) is 0 Å². The normalized spacial score (nSPS) is 11.9. The molecule has 0 spiro atoms. The van der Waals surface area contributed by atoms with Crippen LogP contribution >= 0.6 is 0 Å². The van der Waals surface area contributed by atoms with Crippen LogP contribution in [0.15, 0.2) is 121 Å². The Morgan fingerprint density at radius 2 is 1.17 bits per heavy atom. The lowest BCUT2D eigenvalue weighted by molar-refractivity contribution is 0.662. The van der Waals surface area contributed by atoms with Crippen molar-refractivity contribution in [2.75, 3.05) is 0 Å². The van der Waals surface area contributed by atoms with Gasteiger partial charge in [-0.15, -0.1) is 0 Å². The van der Waals surface area contributed by atoms with Crippen LogP contribution in [-0.4, -0.2) is 0 Å². The predicted octanol–water partition coefficient (Wildman–Crippen LogP) is 10.0. The molecule has 5 rings (SSSR count). The second-order valence-corrected chi connectivity index (χ2v) is 9.86. The second-order valence-electron chi connectivity index (χ2n) is 9.86. The van der Waals surface area contributed by atoms with Crippen molar-refractivity contribution in [3.63, 3.8) is 0 Å². The average Bonchev–Trinajstić information content (AvgIpc) is 2.93. The molecule has 0 aliphatic carbocycles. The average molecular weight is 467 g/mol. The Bertz CT molecular complexity index is 1440. The molecule has 178 valence electrons. The van der Waals surface area contributed by atoms with Gasteiger partial charge in [-0.2, -0.15) is 0 Å². The van der Waals surface area contributed by atoms with Crippen LogP contribution in [0.4, 0.5) is 0 Å². The predicted molar refractivity (Wildman–Crippen MR) is 155 cm³/mol. The highest BCUT2D eigenvalue weighted by Crippen LogP contribution is 2.37. The molecule has 0 aliphatic heterocycles. The zero-order valence-corrected chi connectivity index (χ0v) is 21.5. The van der Waals surface area contributed by atoms with Gasteiger partial charge in [-0.05, 0) is 88.7 Å². The van der Waals surface area contributed by atoms with Crippen LogP contribution in [-0.2, 0) is 6.42 Å². The van der Waals surface area contributed by atoms with Gasteiger partial charge in [0, 0.05) is 0 Å². The van der Waals surface area contributed by atoms with Crippen molar-refractivity contribution < 1.29 is 0 Å². The van der Waals surface area contributed by atoms with Gasteiger partial charge in [0.25, 0.3) is 0 Å². The summed E-state index contributed by atoms with van der Waals surface area (Å²) in [6.07, 6.45) is 2.18. The lowest BCUT2D eigenvalue weighted by atomic mass is 9.83. The number of aryl methyl sites for hydroxylation is 2. The van der Waals surface area contributed by atoms with Crippen LogP contribution in [0.3, 0.4) is 0 Å². The van der Waals surface area contributed by atoms with E-state index in [4.69, 9.17) is 0 Å². The zero-order valence-electron chi connectivity index (χ0n) is 21.5. The first-order chi connectivity index (χ1) is 17.6. The highest BCUT2D eigenvalue weighted by molar-refractivity contribution is 5.78. The first-order valence-corrected chi connectivity index (χ1v) is 13.0. The molecule has 0 fully saturated rings. The van der Waals surface area contributed by atoms with E-state index >= 15 is 0 Å². The maximum atomic E-state index is 2.38. The summed E-state index contributed by atoms with van der Waals surface area (Å²) in [6.45, 7) is 6.69. The highest BCUT2D eigenvalue weighted by Gasteiger charge is 2.17. The van der Waals surface area contributed by atoms with Crippen LogP contribution in [0, 0.1) is 13.8 Å². The number of rotatable bonds is 7. The van der Waals surface area contributed by atoms with Gasteiger partial charge in [0.2, 0.25) is 0 Å². The molecule has 1 atom stereocenters. The second kappa shape index (κ2) is 10.8. The molecule has 0 heteroatoms. The van der Waals surface area contributed by atoms with E-state index < -0.39 is 0 Å². The summed E-state index contributed by atoms with van der Waals surface area (Å²) in [6, 6.07) is 44.5. The fraction of sp³-hybridized carbons (Fsp3) is 0.167. The lowest BCUT2D eigenvalue weighted by Crippen LogP contribution is -2.04. The van der Waals surface area contributed by atoms with E-state index in [-0.39, 0.29) is 0 Å². The molecule has 5 aromatic rings. The van der Waals surface area contributed by atoms with E-state index in [2.05, 4.69) is 142 Å². The van der Waals surface area contributed by atoms with E-state index in [0.29, 0.717) is 5.92 Å². The van der Waals surface area contributed by atoms with Gasteiger partial charge < -0.3 is 0 Å². The Hall–Kier alpha value is -3.90. The van der Waals surface area contributed by atoms with Gasteiger partial charge in [-0.3, -0.25) is 0 Å². The summed E-state index contributed by atoms with van der Waals surface area (Å²) in [7, 11) is 0. The monoisotopic (exact) mass is 466 g/mol. The molecule has 0 saturated heterocycles. The molecule has 0 heterocycles. The number of benzene rings is 5. The number of hydrogen-bond donors (Lipinski definition) is 0. The fourth-order valence-corrected chi connectivity index (χ4v) is 5.24. The standard InChI is InChI=1S/C36H34/c1-4-29(24-28-12-6-5-7-13-28)34-15-8-9-16-35(34)36-25-33(18-17-27(36)3)31-21-19-30(20-22-31)32-14-10-11-26(2)23-32/h5-23,25,29H,4,24H2,1-3H3. The topological polar surface area (TPSA) is 0 Å². The molecule has 0 bridgehead atoms. The highest BCUT2D eigenvalue weighted by atomic mass is 14.2. The summed E-state index contributed by atoms with van der Waals surface area (Å²) in [5.74, 6) is 0.486. The van der Waals surface area contributed by atoms with Gasteiger partial charge in [0.15, 0.2) is 0 Å². The van der Waals surface area contributed by atoms with Crippen LogP contribution in [0.2, 0.25) is 0 Å². The van der Waals surface area contributed by atoms with Gasteiger partial charge in [-0.1, -0.05) is 128 Å². The summed E-state index contributed by atoms with van der Waals surface area (Å²) >= 11 is 0. The van der Waals surface area contributed by atoms with Crippen molar-refractivity contribution in [1.82, 2.24) is 0 Å². The Balaban J connectivity index is 1.49. The molecule has 5 aromatic carbocycles. The van der Waals surface area contributed by atoms with Crippen LogP contribution in [0.5, 0.6) is 0 Å². The minimum atomic E-state index is 0.486. The Labute approximate surface area is 216 Å². The molecule has 0 aliphatic rings. The smallest absolute Gasteiger partial charge is 0.0118 e. The summed E-state index contributed by atoms with van der Waals surface area (Å²) in [5.41, 5.74) is 13.2. The van der Waals surface area contributed by atoms with Crippen molar-refractivity contribution >= 4 is 0 Å². The maximum Gasteiger partial charge on any atom is -0.0118 e. The number of hydrogen-bond acceptors (Lipinski definition) is 0. The van der Waals surface area contributed by atoms with Crippen molar-refractivity contribution in [3.8, 4) is 33.4 Å². The van der Waals surface area contributed by atoms with Crippen molar-refractivity contribution in [2.24, 2.45) is 0 Å². The third kappa shape index (κ3) is 5.19. The van der Waals surface area contributed by atoms with Gasteiger partial charge >= 0.3 is 0 Å². The van der Waals surface area contributed by atoms with E-state index in [1.54, 1.807) is 0 Å². The van der Waals surface area contributed by atoms with Crippen LogP contribution < -0.4 is 0 Å². The van der Waals surface area contributed by atoms with Gasteiger partial charge in [0.1, 0.15) is 0 Å². The van der Waals surface area contributed by atoms with Crippen LogP contribution in [0.1, 0.15) is 41.5 Å². The molecular weight excluding hydrogens is 432 g/mol. The Kier molecular flexibility index (Phi) is 7.14.